The summed E-state index contributed by atoms with van der Waals surface area (Å²) < 4.78 is 11.2. The number of anilines is 1. The molecule has 0 radical (unpaired) electrons. The summed E-state index contributed by atoms with van der Waals surface area (Å²) in [4.78, 5) is 17.4. The summed E-state index contributed by atoms with van der Waals surface area (Å²) in [5.41, 5.74) is 5.18. The number of aromatic nitrogens is 1. The normalized spacial score (nSPS) is 10.8. The Morgan fingerprint density at radius 3 is 2.35 bits per heavy atom. The van der Waals surface area contributed by atoms with Crippen LogP contribution < -0.4 is 15.4 Å². The van der Waals surface area contributed by atoms with E-state index in [0.717, 1.165) is 16.7 Å². The summed E-state index contributed by atoms with van der Waals surface area (Å²) in [6.45, 7) is 0. The van der Waals surface area contributed by atoms with Gasteiger partial charge in [-0.05, 0) is 65.8 Å². The number of rotatable bonds is 5. The zero-order valence-corrected chi connectivity index (χ0v) is 21.7. The number of ether oxygens (including phenoxy) is 1. The Morgan fingerprint density at radius 1 is 0.919 bits per heavy atom. The SMILES string of the molecule is COc1c(Cl)cc(Cl)cc1C(=O)NC(=S)Nc1ccc2oc(-c3ccc(-c4ccccc4)cc3)nc2c1. The van der Waals surface area contributed by atoms with Gasteiger partial charge >= 0.3 is 0 Å². The van der Waals surface area contributed by atoms with Gasteiger partial charge in [-0.25, -0.2) is 4.98 Å². The molecule has 1 amide bonds. The smallest absolute Gasteiger partial charge is 0.261 e. The lowest BCUT2D eigenvalue weighted by molar-refractivity contribution is 0.0974. The first-order chi connectivity index (χ1) is 17.9. The van der Waals surface area contributed by atoms with Crippen molar-refractivity contribution in [3.05, 3.63) is 101 Å². The van der Waals surface area contributed by atoms with Gasteiger partial charge in [0.25, 0.3) is 5.91 Å². The summed E-state index contributed by atoms with van der Waals surface area (Å²) in [7, 11) is 1.42. The number of carbonyl (C=O) groups is 1. The zero-order chi connectivity index (χ0) is 25.9. The minimum Gasteiger partial charge on any atom is -0.494 e. The van der Waals surface area contributed by atoms with Gasteiger partial charge in [-0.15, -0.1) is 0 Å². The van der Waals surface area contributed by atoms with Crippen LogP contribution in [0.1, 0.15) is 10.4 Å². The number of amides is 1. The van der Waals surface area contributed by atoms with Crippen LogP contribution in [-0.4, -0.2) is 23.1 Å². The van der Waals surface area contributed by atoms with Gasteiger partial charge in [-0.3, -0.25) is 10.1 Å². The molecule has 0 aliphatic rings. The second kappa shape index (κ2) is 10.6. The number of halogens is 2. The van der Waals surface area contributed by atoms with Gasteiger partial charge in [-0.1, -0.05) is 65.7 Å². The summed E-state index contributed by atoms with van der Waals surface area (Å²) in [6, 6.07) is 26.5. The van der Waals surface area contributed by atoms with Crippen LogP contribution in [-0.2, 0) is 0 Å². The Kier molecular flexibility index (Phi) is 7.10. The van der Waals surface area contributed by atoms with Crippen LogP contribution in [0.3, 0.4) is 0 Å². The molecule has 4 aromatic carbocycles. The molecule has 0 spiro atoms. The van der Waals surface area contributed by atoms with Crippen molar-refractivity contribution >= 4 is 63.2 Å². The van der Waals surface area contributed by atoms with Crippen LogP contribution in [0.2, 0.25) is 10.0 Å². The van der Waals surface area contributed by atoms with E-state index in [-0.39, 0.29) is 21.4 Å². The van der Waals surface area contributed by atoms with Crippen molar-refractivity contribution in [2.45, 2.75) is 0 Å². The van der Waals surface area contributed by atoms with E-state index >= 15 is 0 Å². The molecule has 6 nitrogen and oxygen atoms in total. The van der Waals surface area contributed by atoms with E-state index in [4.69, 9.17) is 44.6 Å². The van der Waals surface area contributed by atoms with Crippen LogP contribution in [0.5, 0.6) is 5.75 Å². The van der Waals surface area contributed by atoms with Gasteiger partial charge in [0.2, 0.25) is 5.89 Å². The fraction of sp³-hybridized carbons (Fsp3) is 0.0357. The van der Waals surface area contributed by atoms with Gasteiger partial charge in [0, 0.05) is 16.3 Å². The third kappa shape index (κ3) is 5.44. The molecule has 1 aromatic heterocycles. The van der Waals surface area contributed by atoms with E-state index in [9.17, 15) is 4.79 Å². The number of methoxy groups -OCH3 is 1. The fourth-order valence-electron chi connectivity index (χ4n) is 3.83. The number of hydrogen-bond acceptors (Lipinski definition) is 5. The summed E-state index contributed by atoms with van der Waals surface area (Å²) in [6.07, 6.45) is 0. The lowest BCUT2D eigenvalue weighted by Crippen LogP contribution is -2.34. The fourth-order valence-corrected chi connectivity index (χ4v) is 4.61. The van der Waals surface area contributed by atoms with Crippen molar-refractivity contribution in [3.8, 4) is 28.3 Å². The lowest BCUT2D eigenvalue weighted by atomic mass is 10.0. The first-order valence-corrected chi connectivity index (χ1v) is 12.3. The predicted octanol–water partition coefficient (Wildman–Crippen LogP) is 7.60. The van der Waals surface area contributed by atoms with Gasteiger partial charge in [0.15, 0.2) is 10.7 Å². The van der Waals surface area contributed by atoms with Gasteiger partial charge < -0.3 is 14.5 Å². The molecule has 0 atom stereocenters. The van der Waals surface area contributed by atoms with Gasteiger partial charge in [-0.2, -0.15) is 0 Å². The average Bonchev–Trinajstić information content (AvgIpc) is 3.32. The average molecular weight is 548 g/mol. The predicted molar refractivity (Wildman–Crippen MR) is 152 cm³/mol. The van der Waals surface area contributed by atoms with E-state index < -0.39 is 5.91 Å². The molecule has 9 heteroatoms. The molecule has 0 saturated carbocycles. The summed E-state index contributed by atoms with van der Waals surface area (Å²) >= 11 is 17.5. The molecule has 1 heterocycles. The molecular formula is C28H19Cl2N3O3S. The lowest BCUT2D eigenvalue weighted by Gasteiger charge is -2.13. The molecule has 184 valence electrons. The van der Waals surface area contributed by atoms with Crippen LogP contribution in [0.25, 0.3) is 33.7 Å². The number of carbonyl (C=O) groups excluding carboxylic acids is 1. The van der Waals surface area contributed by atoms with Crippen LogP contribution in [0.15, 0.2) is 89.3 Å². The molecule has 0 bridgehead atoms. The Hall–Kier alpha value is -3.91. The quantitative estimate of drug-likeness (QED) is 0.220. The molecule has 0 aliphatic carbocycles. The highest BCUT2D eigenvalue weighted by molar-refractivity contribution is 7.80. The topological polar surface area (TPSA) is 76.4 Å². The second-order valence-electron chi connectivity index (χ2n) is 8.02. The maximum absolute atomic E-state index is 12.8. The maximum atomic E-state index is 12.8. The van der Waals surface area contributed by atoms with Gasteiger partial charge in [0.1, 0.15) is 11.3 Å². The van der Waals surface area contributed by atoms with Crippen molar-refractivity contribution in [1.29, 1.82) is 0 Å². The summed E-state index contributed by atoms with van der Waals surface area (Å²) in [5, 5.41) is 6.21. The van der Waals surface area contributed by atoms with Crippen molar-refractivity contribution in [2.24, 2.45) is 0 Å². The Bertz CT molecular complexity index is 1620. The Labute approximate surface area is 228 Å². The molecule has 37 heavy (non-hydrogen) atoms. The minimum absolute atomic E-state index is 0.0859. The number of oxazole rings is 1. The Morgan fingerprint density at radius 2 is 1.62 bits per heavy atom. The number of fused-ring (bicyclic) bond motifs is 1. The molecular weight excluding hydrogens is 529 g/mol. The van der Waals surface area contributed by atoms with Gasteiger partial charge in [0.05, 0.1) is 17.7 Å². The molecule has 0 unspecified atom stereocenters. The molecule has 5 aromatic rings. The monoisotopic (exact) mass is 547 g/mol. The highest BCUT2D eigenvalue weighted by Gasteiger charge is 2.18. The molecule has 5 rings (SSSR count). The van der Waals surface area contributed by atoms with Crippen LogP contribution in [0.4, 0.5) is 5.69 Å². The van der Waals surface area contributed by atoms with E-state index in [1.807, 2.05) is 42.5 Å². The van der Waals surface area contributed by atoms with Crippen molar-refractivity contribution in [2.75, 3.05) is 12.4 Å². The first kappa shape index (κ1) is 24.8. The number of benzene rings is 4. The van der Waals surface area contributed by atoms with E-state index in [0.29, 0.717) is 27.7 Å². The third-order valence-electron chi connectivity index (χ3n) is 5.57. The molecule has 0 fully saturated rings. The third-order valence-corrected chi connectivity index (χ3v) is 6.27. The molecule has 2 N–H and O–H groups in total. The van der Waals surface area contributed by atoms with Crippen molar-refractivity contribution in [3.63, 3.8) is 0 Å². The van der Waals surface area contributed by atoms with E-state index in [2.05, 4.69) is 27.8 Å². The largest absolute Gasteiger partial charge is 0.494 e. The standard InChI is InChI=1S/C28H19Cl2N3O3S/c1-35-25-21(13-19(29)14-22(25)30)26(34)33-28(37)31-20-11-12-24-23(15-20)32-27(36-24)18-9-7-17(8-10-18)16-5-3-2-4-6-16/h2-15H,1H3,(H2,31,33,34,37). The second-order valence-corrected chi connectivity index (χ2v) is 9.27. The molecule has 0 saturated heterocycles. The Balaban J connectivity index is 1.30. The van der Waals surface area contributed by atoms with E-state index in [1.54, 1.807) is 18.2 Å². The highest BCUT2D eigenvalue weighted by Crippen LogP contribution is 2.32. The number of thiocarbonyl (C=S) groups is 1. The maximum Gasteiger partial charge on any atom is 0.261 e. The van der Waals surface area contributed by atoms with Crippen molar-refractivity contribution < 1.29 is 13.9 Å². The zero-order valence-electron chi connectivity index (χ0n) is 19.4. The first-order valence-electron chi connectivity index (χ1n) is 11.1. The van der Waals surface area contributed by atoms with Crippen LogP contribution >= 0.6 is 35.4 Å². The number of nitrogens with one attached hydrogen (secondary N) is 2. The summed E-state index contributed by atoms with van der Waals surface area (Å²) in [5.74, 6) is 0.204. The minimum atomic E-state index is -0.512. The van der Waals surface area contributed by atoms with Crippen molar-refractivity contribution in [1.82, 2.24) is 10.3 Å². The van der Waals surface area contributed by atoms with Crippen LogP contribution in [0, 0.1) is 0 Å². The number of hydrogen-bond donors (Lipinski definition) is 2. The molecule has 0 aliphatic heterocycles. The van der Waals surface area contributed by atoms with E-state index in [1.165, 1.54) is 19.2 Å². The highest BCUT2D eigenvalue weighted by atomic mass is 35.5. The number of nitrogens with zero attached hydrogens (tertiary/aromatic N) is 1.